The Bertz CT molecular complexity index is 293. The second kappa shape index (κ2) is 25.9. The van der Waals surface area contributed by atoms with Crippen LogP contribution >= 0.6 is 0 Å². The molecule has 0 aliphatic carbocycles. The normalized spacial score (nSPS) is 11.6. The summed E-state index contributed by atoms with van der Waals surface area (Å²) >= 11 is 0. The first-order valence-electron chi connectivity index (χ1n) is 14.1. The zero-order valence-electron chi connectivity index (χ0n) is 21.8. The average molecular weight is 538 g/mol. The van der Waals surface area contributed by atoms with Gasteiger partial charge in [-0.3, -0.25) is 0 Å². The molecule has 0 amide bonds. The molecule has 0 aliphatic heterocycles. The Kier molecular flexibility index (Phi) is 28.4. The zero-order chi connectivity index (χ0) is 21.5. The lowest BCUT2D eigenvalue weighted by atomic mass is 10.0. The maximum Gasteiger partial charge on any atom is 0.0786 e. The minimum Gasteiger partial charge on any atom is -1.00 e. The van der Waals surface area contributed by atoms with Gasteiger partial charge in [0.05, 0.1) is 26.2 Å². The summed E-state index contributed by atoms with van der Waals surface area (Å²) in [5.41, 5.74) is 0. The van der Waals surface area contributed by atoms with Gasteiger partial charge >= 0.3 is 0 Å². The Hall–Kier alpha value is 0.690. The van der Waals surface area contributed by atoms with Crippen LogP contribution in [0.2, 0.25) is 0 Å². The molecule has 184 valence electrons. The standard InChI is InChI=1S/C28H60N.HI/c1-5-9-10-11-12-13-14-15-16-17-18-19-20-21-22-23-24-25-26-27-28-29(6-2,7-3)8-4;/h5-28H2,1-4H3;1H/q+1;/p-1. The van der Waals surface area contributed by atoms with E-state index in [1.165, 1.54) is 159 Å². The summed E-state index contributed by atoms with van der Waals surface area (Å²) in [5.74, 6) is 0. The molecule has 0 radical (unpaired) electrons. The topological polar surface area (TPSA) is 0 Å². The molecule has 0 aliphatic rings. The molecule has 0 rings (SSSR count). The highest BCUT2D eigenvalue weighted by Gasteiger charge is 2.19. The van der Waals surface area contributed by atoms with E-state index in [-0.39, 0.29) is 24.0 Å². The molecule has 2 heteroatoms. The predicted octanol–water partition coefficient (Wildman–Crippen LogP) is 6.69. The maximum absolute atomic E-state index is 2.36. The molecular weight excluding hydrogens is 477 g/mol. The van der Waals surface area contributed by atoms with Gasteiger partial charge in [0.1, 0.15) is 0 Å². The molecule has 0 aromatic heterocycles. The van der Waals surface area contributed by atoms with Crippen molar-refractivity contribution in [2.45, 2.75) is 156 Å². The van der Waals surface area contributed by atoms with Crippen molar-refractivity contribution in [2.24, 2.45) is 0 Å². The number of hydrogen-bond acceptors (Lipinski definition) is 0. The van der Waals surface area contributed by atoms with Crippen LogP contribution in [0.1, 0.15) is 156 Å². The van der Waals surface area contributed by atoms with E-state index in [9.17, 15) is 0 Å². The Balaban J connectivity index is 0. The third kappa shape index (κ3) is 20.6. The number of hydrogen-bond donors (Lipinski definition) is 0. The summed E-state index contributed by atoms with van der Waals surface area (Å²) in [6, 6.07) is 0. The zero-order valence-corrected chi connectivity index (χ0v) is 24.0. The lowest BCUT2D eigenvalue weighted by Crippen LogP contribution is -3.00. The first-order valence-corrected chi connectivity index (χ1v) is 14.1. The molecule has 0 atom stereocenters. The second-order valence-electron chi connectivity index (χ2n) is 9.73. The van der Waals surface area contributed by atoms with Crippen molar-refractivity contribution in [2.75, 3.05) is 26.2 Å². The van der Waals surface area contributed by atoms with Crippen LogP contribution in [0.4, 0.5) is 0 Å². The molecule has 0 spiro atoms. The van der Waals surface area contributed by atoms with Crippen LogP contribution in [-0.2, 0) is 0 Å². The van der Waals surface area contributed by atoms with Crippen molar-refractivity contribution >= 4 is 0 Å². The minimum atomic E-state index is 0. The molecular formula is C28H60IN. The first kappa shape index (κ1) is 32.9. The van der Waals surface area contributed by atoms with Crippen LogP contribution < -0.4 is 24.0 Å². The van der Waals surface area contributed by atoms with E-state index in [4.69, 9.17) is 0 Å². The van der Waals surface area contributed by atoms with Crippen molar-refractivity contribution in [3.8, 4) is 0 Å². The fourth-order valence-corrected chi connectivity index (χ4v) is 4.85. The Labute approximate surface area is 210 Å². The van der Waals surface area contributed by atoms with Crippen molar-refractivity contribution in [1.29, 1.82) is 0 Å². The lowest BCUT2D eigenvalue weighted by molar-refractivity contribution is -0.923. The van der Waals surface area contributed by atoms with Crippen LogP contribution in [-0.4, -0.2) is 30.7 Å². The highest BCUT2D eigenvalue weighted by molar-refractivity contribution is 4.51. The summed E-state index contributed by atoms with van der Waals surface area (Å²) in [6.07, 6.45) is 29.4. The Morgan fingerprint density at radius 1 is 0.333 bits per heavy atom. The number of rotatable bonds is 24. The SMILES string of the molecule is CCCCCCCCCCCCCCCCCCCCCC[N+](CC)(CC)CC.[I-]. The largest absolute Gasteiger partial charge is 1.00 e. The van der Waals surface area contributed by atoms with Crippen LogP contribution in [0.3, 0.4) is 0 Å². The van der Waals surface area contributed by atoms with Gasteiger partial charge in [-0.1, -0.05) is 122 Å². The van der Waals surface area contributed by atoms with E-state index in [1.807, 2.05) is 0 Å². The predicted molar refractivity (Wildman–Crippen MR) is 135 cm³/mol. The van der Waals surface area contributed by atoms with Crippen LogP contribution in [0, 0.1) is 0 Å². The molecule has 0 heterocycles. The van der Waals surface area contributed by atoms with E-state index in [1.54, 1.807) is 0 Å². The quantitative estimate of drug-likeness (QED) is 0.0731. The maximum atomic E-state index is 2.36. The summed E-state index contributed by atoms with van der Waals surface area (Å²) in [6.45, 7) is 14.7. The highest BCUT2D eigenvalue weighted by Crippen LogP contribution is 2.15. The number of unbranched alkanes of at least 4 members (excludes halogenated alkanes) is 19. The van der Waals surface area contributed by atoms with Gasteiger partial charge in [-0.25, -0.2) is 0 Å². The summed E-state index contributed by atoms with van der Waals surface area (Å²) in [4.78, 5) is 0. The molecule has 0 N–H and O–H groups in total. The summed E-state index contributed by atoms with van der Waals surface area (Å²) in [5, 5.41) is 0. The van der Waals surface area contributed by atoms with Crippen LogP contribution in [0.25, 0.3) is 0 Å². The molecule has 0 aromatic carbocycles. The van der Waals surface area contributed by atoms with Gasteiger partial charge in [0.25, 0.3) is 0 Å². The number of quaternary nitrogens is 1. The Morgan fingerprint density at radius 2 is 0.567 bits per heavy atom. The molecule has 0 fully saturated rings. The molecule has 1 nitrogen and oxygen atoms in total. The summed E-state index contributed by atoms with van der Waals surface area (Å²) in [7, 11) is 0. The smallest absolute Gasteiger partial charge is 0.0786 e. The van der Waals surface area contributed by atoms with Crippen molar-refractivity contribution in [1.82, 2.24) is 0 Å². The molecule has 30 heavy (non-hydrogen) atoms. The van der Waals surface area contributed by atoms with Gasteiger partial charge in [0.15, 0.2) is 0 Å². The third-order valence-corrected chi connectivity index (χ3v) is 7.50. The molecule has 0 aromatic rings. The first-order chi connectivity index (χ1) is 14.2. The van der Waals surface area contributed by atoms with Gasteiger partial charge < -0.3 is 28.5 Å². The van der Waals surface area contributed by atoms with Gasteiger partial charge in [0, 0.05) is 0 Å². The van der Waals surface area contributed by atoms with E-state index >= 15 is 0 Å². The van der Waals surface area contributed by atoms with Gasteiger partial charge in [-0.15, -0.1) is 0 Å². The molecule has 0 bridgehead atoms. The van der Waals surface area contributed by atoms with Crippen LogP contribution in [0.15, 0.2) is 0 Å². The lowest BCUT2D eigenvalue weighted by Gasteiger charge is -2.35. The fraction of sp³-hybridized carbons (Fsp3) is 1.00. The Morgan fingerprint density at radius 3 is 0.800 bits per heavy atom. The van der Waals surface area contributed by atoms with Gasteiger partial charge in [0.2, 0.25) is 0 Å². The van der Waals surface area contributed by atoms with Gasteiger partial charge in [-0.05, 0) is 33.6 Å². The molecule has 0 unspecified atom stereocenters. The summed E-state index contributed by atoms with van der Waals surface area (Å²) < 4.78 is 1.33. The van der Waals surface area contributed by atoms with Crippen molar-refractivity contribution < 1.29 is 28.5 Å². The average Bonchev–Trinajstić information content (AvgIpc) is 2.75. The third-order valence-electron chi connectivity index (χ3n) is 7.50. The van der Waals surface area contributed by atoms with E-state index in [0.29, 0.717) is 0 Å². The highest BCUT2D eigenvalue weighted by atomic mass is 127. The van der Waals surface area contributed by atoms with E-state index in [2.05, 4.69) is 27.7 Å². The molecule has 0 saturated heterocycles. The van der Waals surface area contributed by atoms with Crippen molar-refractivity contribution in [3.63, 3.8) is 0 Å². The van der Waals surface area contributed by atoms with Crippen LogP contribution in [0.5, 0.6) is 0 Å². The van der Waals surface area contributed by atoms with Crippen molar-refractivity contribution in [3.05, 3.63) is 0 Å². The van der Waals surface area contributed by atoms with Gasteiger partial charge in [-0.2, -0.15) is 0 Å². The minimum absolute atomic E-state index is 0. The number of nitrogens with zero attached hydrogens (tertiary/aromatic N) is 1. The fourth-order valence-electron chi connectivity index (χ4n) is 4.85. The monoisotopic (exact) mass is 537 g/mol. The molecule has 0 saturated carbocycles. The van der Waals surface area contributed by atoms with E-state index < -0.39 is 0 Å². The second-order valence-corrected chi connectivity index (χ2v) is 9.73. The van der Waals surface area contributed by atoms with E-state index in [0.717, 1.165) is 0 Å². The number of halogens is 1.